The van der Waals surface area contributed by atoms with Gasteiger partial charge in [-0.1, -0.05) is 71.7 Å². The second-order valence-corrected chi connectivity index (χ2v) is 9.80. The Kier molecular flexibility index (Phi) is 6.50. The first-order valence-corrected chi connectivity index (χ1v) is 11.7. The average Bonchev–Trinajstić information content (AvgIpc) is 2.79. The van der Waals surface area contributed by atoms with E-state index in [-0.39, 0.29) is 11.9 Å². The summed E-state index contributed by atoms with van der Waals surface area (Å²) in [5, 5.41) is 1.43. The normalized spacial score (nSPS) is 16.8. The lowest BCUT2D eigenvalue weighted by molar-refractivity contribution is -0.137. The molecule has 1 aliphatic heterocycles. The van der Waals surface area contributed by atoms with Crippen LogP contribution >= 0.6 is 23.2 Å². The van der Waals surface area contributed by atoms with Crippen molar-refractivity contribution in [2.75, 3.05) is 24.5 Å². The maximum Gasteiger partial charge on any atom is 0.232 e. The molecule has 4 rings (SSSR count). The van der Waals surface area contributed by atoms with Gasteiger partial charge in [0.05, 0.1) is 22.2 Å². The molecule has 166 valence electrons. The summed E-state index contributed by atoms with van der Waals surface area (Å²) in [5.41, 5.74) is 3.65. The van der Waals surface area contributed by atoms with Crippen LogP contribution in [0.25, 0.3) is 0 Å². The largest absolute Gasteiger partial charge is 0.360 e. The van der Waals surface area contributed by atoms with Crippen LogP contribution in [0.5, 0.6) is 0 Å². The Hall–Kier alpha value is -2.49. The molecule has 3 aromatic carbocycles. The van der Waals surface area contributed by atoms with Gasteiger partial charge in [0, 0.05) is 24.7 Å². The van der Waals surface area contributed by atoms with Crippen molar-refractivity contribution in [1.29, 1.82) is 0 Å². The molecule has 0 aromatic heterocycles. The highest BCUT2D eigenvalue weighted by Gasteiger charge is 2.38. The highest BCUT2D eigenvalue weighted by molar-refractivity contribution is 6.33. The van der Waals surface area contributed by atoms with Crippen LogP contribution in [-0.2, 0) is 10.2 Å². The Labute approximate surface area is 200 Å². The molecule has 3 nitrogen and oxygen atoms in total. The van der Waals surface area contributed by atoms with Crippen LogP contribution in [0.2, 0.25) is 10.0 Å². The molecule has 0 radical (unpaired) electrons. The van der Waals surface area contributed by atoms with Crippen molar-refractivity contribution in [3.8, 4) is 0 Å². The Morgan fingerprint density at radius 2 is 1.62 bits per heavy atom. The van der Waals surface area contributed by atoms with Gasteiger partial charge in [0.2, 0.25) is 5.91 Å². The predicted molar refractivity (Wildman–Crippen MR) is 134 cm³/mol. The Bertz CT molecular complexity index is 1100. The maximum absolute atomic E-state index is 13.7. The number of carbonyl (C=O) groups excluding carboxylic acids is 1. The van der Waals surface area contributed by atoms with E-state index >= 15 is 0 Å². The summed E-state index contributed by atoms with van der Waals surface area (Å²) in [5.74, 6) is 0.136. The Morgan fingerprint density at radius 3 is 2.28 bits per heavy atom. The van der Waals surface area contributed by atoms with Gasteiger partial charge in [-0.2, -0.15) is 0 Å². The van der Waals surface area contributed by atoms with Crippen molar-refractivity contribution in [3.63, 3.8) is 0 Å². The number of carbonyl (C=O) groups is 1. The fraction of sp³-hybridized carbons (Fsp3) is 0.296. The molecule has 32 heavy (non-hydrogen) atoms. The van der Waals surface area contributed by atoms with Crippen LogP contribution in [0.1, 0.15) is 36.6 Å². The summed E-state index contributed by atoms with van der Waals surface area (Å²) in [6.07, 6.45) is 0. The van der Waals surface area contributed by atoms with E-state index in [4.69, 9.17) is 23.2 Å². The topological polar surface area (TPSA) is 23.6 Å². The van der Waals surface area contributed by atoms with E-state index in [9.17, 15) is 4.79 Å². The van der Waals surface area contributed by atoms with Gasteiger partial charge >= 0.3 is 0 Å². The fourth-order valence-electron chi connectivity index (χ4n) is 4.44. The minimum Gasteiger partial charge on any atom is -0.360 e. The number of rotatable bonds is 4. The van der Waals surface area contributed by atoms with Crippen molar-refractivity contribution in [3.05, 3.63) is 99.5 Å². The highest BCUT2D eigenvalue weighted by atomic mass is 35.5. The number of amides is 1. The molecule has 1 amide bonds. The third-order valence-electron chi connectivity index (χ3n) is 6.37. The van der Waals surface area contributed by atoms with Gasteiger partial charge < -0.3 is 9.80 Å². The van der Waals surface area contributed by atoms with Gasteiger partial charge in [-0.3, -0.25) is 4.79 Å². The molecule has 5 heteroatoms. The minimum atomic E-state index is -0.602. The van der Waals surface area contributed by atoms with Gasteiger partial charge in [-0.05, 0) is 61.7 Å². The summed E-state index contributed by atoms with van der Waals surface area (Å²) in [7, 11) is 0. The molecule has 1 saturated heterocycles. The van der Waals surface area contributed by atoms with E-state index in [1.165, 1.54) is 0 Å². The molecule has 0 aliphatic carbocycles. The van der Waals surface area contributed by atoms with E-state index in [0.717, 1.165) is 27.4 Å². The zero-order valence-corrected chi connectivity index (χ0v) is 20.2. The maximum atomic E-state index is 13.7. The van der Waals surface area contributed by atoms with E-state index in [1.807, 2.05) is 86.3 Å². The van der Waals surface area contributed by atoms with Crippen LogP contribution in [-0.4, -0.2) is 30.4 Å². The molecule has 0 bridgehead atoms. The second kappa shape index (κ2) is 9.17. The van der Waals surface area contributed by atoms with Gasteiger partial charge in [0.1, 0.15) is 0 Å². The van der Waals surface area contributed by atoms with E-state index in [2.05, 4.69) is 17.0 Å². The number of piperazine rings is 1. The zero-order valence-electron chi connectivity index (χ0n) is 18.7. The molecular weight excluding hydrogens is 439 g/mol. The number of anilines is 1. The van der Waals surface area contributed by atoms with E-state index in [1.54, 1.807) is 0 Å². The third-order valence-corrected chi connectivity index (χ3v) is 6.92. The number of benzene rings is 3. The number of hydrogen-bond donors (Lipinski definition) is 0. The molecule has 1 heterocycles. The predicted octanol–water partition coefficient (Wildman–Crippen LogP) is 6.67. The highest BCUT2D eigenvalue weighted by Crippen LogP contribution is 2.37. The molecule has 0 unspecified atom stereocenters. The van der Waals surface area contributed by atoms with Crippen molar-refractivity contribution >= 4 is 34.8 Å². The average molecular weight is 467 g/mol. The molecule has 1 aliphatic rings. The number of hydrogen-bond acceptors (Lipinski definition) is 2. The first-order valence-electron chi connectivity index (χ1n) is 10.9. The third kappa shape index (κ3) is 4.51. The summed E-state index contributed by atoms with van der Waals surface area (Å²) in [6, 6.07) is 24.0. The minimum absolute atomic E-state index is 0.0169. The lowest BCUT2D eigenvalue weighted by Crippen LogP contribution is -2.54. The van der Waals surface area contributed by atoms with Crippen LogP contribution in [0.4, 0.5) is 5.69 Å². The summed E-state index contributed by atoms with van der Waals surface area (Å²) in [6.45, 7) is 7.97. The van der Waals surface area contributed by atoms with Gasteiger partial charge in [0.15, 0.2) is 0 Å². The number of aryl methyl sites for hydroxylation is 1. The lowest BCUT2D eigenvalue weighted by Gasteiger charge is -2.45. The number of nitrogens with zero attached hydrogens (tertiary/aromatic N) is 2. The Morgan fingerprint density at radius 1 is 0.938 bits per heavy atom. The quantitative estimate of drug-likeness (QED) is 0.428. The van der Waals surface area contributed by atoms with Crippen LogP contribution in [0, 0.1) is 6.92 Å². The first-order chi connectivity index (χ1) is 15.3. The zero-order chi connectivity index (χ0) is 22.9. The van der Waals surface area contributed by atoms with Crippen molar-refractivity contribution in [1.82, 2.24) is 4.90 Å². The van der Waals surface area contributed by atoms with Crippen molar-refractivity contribution in [2.45, 2.75) is 32.2 Å². The van der Waals surface area contributed by atoms with E-state index < -0.39 is 5.41 Å². The first kappa shape index (κ1) is 22.7. The van der Waals surface area contributed by atoms with Gasteiger partial charge in [-0.25, -0.2) is 0 Å². The smallest absolute Gasteiger partial charge is 0.232 e. The molecule has 1 fully saturated rings. The van der Waals surface area contributed by atoms with Crippen LogP contribution in [0.15, 0.2) is 72.8 Å². The molecule has 0 N–H and O–H groups in total. The van der Waals surface area contributed by atoms with Crippen LogP contribution < -0.4 is 4.90 Å². The summed E-state index contributed by atoms with van der Waals surface area (Å²) >= 11 is 12.8. The SMILES string of the molecule is Cc1ccc(N2CCN(C(=O)C(C)(C)c3ccccc3)C[C@H]2c2ccc(Cl)cc2)c(Cl)c1. The standard InChI is InChI=1S/C27H28Cl2N2O/c1-19-9-14-24(23(29)17-19)31-16-15-30(18-25(31)20-10-12-22(28)13-11-20)26(32)27(2,3)21-7-5-4-6-8-21/h4-14,17,25H,15-16,18H2,1-3H3/t25-/m0/s1. The molecule has 1 atom stereocenters. The van der Waals surface area contributed by atoms with Gasteiger partial charge in [0.25, 0.3) is 0 Å². The van der Waals surface area contributed by atoms with Gasteiger partial charge in [-0.15, -0.1) is 0 Å². The Balaban J connectivity index is 1.67. The number of halogens is 2. The molecular formula is C27H28Cl2N2O. The molecule has 3 aromatic rings. The van der Waals surface area contributed by atoms with E-state index in [0.29, 0.717) is 24.7 Å². The summed E-state index contributed by atoms with van der Waals surface area (Å²) in [4.78, 5) is 18.0. The monoisotopic (exact) mass is 466 g/mol. The molecule has 0 spiro atoms. The fourth-order valence-corrected chi connectivity index (χ4v) is 4.91. The van der Waals surface area contributed by atoms with Crippen LogP contribution in [0.3, 0.4) is 0 Å². The summed E-state index contributed by atoms with van der Waals surface area (Å²) < 4.78 is 0. The lowest BCUT2D eigenvalue weighted by atomic mass is 9.82. The van der Waals surface area contributed by atoms with Crippen molar-refractivity contribution < 1.29 is 4.79 Å². The van der Waals surface area contributed by atoms with Crippen molar-refractivity contribution in [2.24, 2.45) is 0 Å². The molecule has 0 saturated carbocycles. The second-order valence-electron chi connectivity index (χ2n) is 8.96.